The van der Waals surface area contributed by atoms with Crippen LogP contribution >= 0.6 is 0 Å². The predicted molar refractivity (Wildman–Crippen MR) is 77.1 cm³/mol. The number of rotatable bonds is 5. The van der Waals surface area contributed by atoms with Crippen LogP contribution in [-0.4, -0.2) is 31.0 Å². The number of amides is 1. The highest BCUT2D eigenvalue weighted by molar-refractivity contribution is 6.00. The Morgan fingerprint density at radius 1 is 1.45 bits per heavy atom. The Labute approximate surface area is 117 Å². The van der Waals surface area contributed by atoms with Crippen molar-refractivity contribution in [1.29, 1.82) is 0 Å². The second-order valence-electron chi connectivity index (χ2n) is 5.45. The van der Waals surface area contributed by atoms with E-state index in [0.717, 1.165) is 12.8 Å². The van der Waals surface area contributed by atoms with Crippen LogP contribution in [0.2, 0.25) is 0 Å². The van der Waals surface area contributed by atoms with Crippen molar-refractivity contribution < 1.29 is 9.72 Å². The van der Waals surface area contributed by atoms with Gasteiger partial charge in [0.1, 0.15) is 0 Å². The minimum atomic E-state index is -0.486. The minimum Gasteiger partial charge on any atom is -0.377 e. The zero-order chi connectivity index (χ0) is 14.9. The molecule has 1 atom stereocenters. The SMILES string of the molecule is CC(NC(=O)c1cc([N+](=O)[O-])ccc1N(C)C)C1CC1. The van der Waals surface area contributed by atoms with Crippen molar-refractivity contribution >= 4 is 17.3 Å². The Morgan fingerprint density at radius 3 is 2.60 bits per heavy atom. The van der Waals surface area contributed by atoms with Crippen molar-refractivity contribution in [3.8, 4) is 0 Å². The summed E-state index contributed by atoms with van der Waals surface area (Å²) in [6, 6.07) is 4.46. The molecule has 0 radical (unpaired) electrons. The summed E-state index contributed by atoms with van der Waals surface area (Å²) in [5.74, 6) is 0.289. The zero-order valence-corrected chi connectivity index (χ0v) is 11.9. The Hall–Kier alpha value is -2.11. The highest BCUT2D eigenvalue weighted by Crippen LogP contribution is 2.33. The smallest absolute Gasteiger partial charge is 0.270 e. The van der Waals surface area contributed by atoms with Crippen LogP contribution in [0.1, 0.15) is 30.1 Å². The molecule has 108 valence electrons. The topological polar surface area (TPSA) is 75.5 Å². The van der Waals surface area contributed by atoms with Crippen molar-refractivity contribution in [2.75, 3.05) is 19.0 Å². The van der Waals surface area contributed by atoms with Crippen LogP contribution in [0.5, 0.6) is 0 Å². The molecule has 0 saturated heterocycles. The van der Waals surface area contributed by atoms with Crippen molar-refractivity contribution in [1.82, 2.24) is 5.32 Å². The van der Waals surface area contributed by atoms with E-state index in [1.54, 1.807) is 11.0 Å². The van der Waals surface area contributed by atoms with Gasteiger partial charge < -0.3 is 10.2 Å². The number of nitro benzene ring substituents is 1. The first-order valence-corrected chi connectivity index (χ1v) is 6.66. The Balaban J connectivity index is 2.28. The third-order valence-corrected chi connectivity index (χ3v) is 3.61. The summed E-state index contributed by atoms with van der Waals surface area (Å²) in [6.45, 7) is 1.97. The molecule has 1 unspecified atom stereocenters. The molecule has 0 spiro atoms. The lowest BCUT2D eigenvalue weighted by Crippen LogP contribution is -2.34. The number of anilines is 1. The van der Waals surface area contributed by atoms with E-state index in [-0.39, 0.29) is 17.6 Å². The first kappa shape index (κ1) is 14.3. The largest absolute Gasteiger partial charge is 0.377 e. The maximum absolute atomic E-state index is 12.3. The molecule has 1 aliphatic rings. The molecule has 0 aromatic heterocycles. The molecule has 6 nitrogen and oxygen atoms in total. The fourth-order valence-electron chi connectivity index (χ4n) is 2.21. The van der Waals surface area contributed by atoms with Gasteiger partial charge in [-0.2, -0.15) is 0 Å². The quantitative estimate of drug-likeness (QED) is 0.661. The maximum atomic E-state index is 12.3. The molecule has 1 aliphatic carbocycles. The normalized spacial score (nSPS) is 15.6. The molecule has 0 bridgehead atoms. The molecule has 1 fully saturated rings. The van der Waals surface area contributed by atoms with E-state index < -0.39 is 4.92 Å². The molecule has 2 rings (SSSR count). The molecule has 1 aromatic carbocycles. The number of nitrogens with one attached hydrogen (secondary N) is 1. The number of carbonyl (C=O) groups is 1. The van der Waals surface area contributed by atoms with Gasteiger partial charge in [0.05, 0.1) is 10.5 Å². The number of benzene rings is 1. The van der Waals surface area contributed by atoms with Gasteiger partial charge in [0.25, 0.3) is 11.6 Å². The number of nitro groups is 1. The number of hydrogen-bond donors (Lipinski definition) is 1. The van der Waals surface area contributed by atoms with Crippen LogP contribution in [0.25, 0.3) is 0 Å². The third kappa shape index (κ3) is 3.07. The first-order valence-electron chi connectivity index (χ1n) is 6.66. The molecule has 0 heterocycles. The number of hydrogen-bond acceptors (Lipinski definition) is 4. The molecule has 1 amide bonds. The fourth-order valence-corrected chi connectivity index (χ4v) is 2.21. The highest BCUT2D eigenvalue weighted by atomic mass is 16.6. The Bertz CT molecular complexity index is 538. The summed E-state index contributed by atoms with van der Waals surface area (Å²) in [5.41, 5.74) is 0.952. The van der Waals surface area contributed by atoms with E-state index in [2.05, 4.69) is 5.32 Å². The average Bonchev–Trinajstić information content (AvgIpc) is 3.21. The zero-order valence-electron chi connectivity index (χ0n) is 11.9. The lowest BCUT2D eigenvalue weighted by atomic mass is 10.1. The van der Waals surface area contributed by atoms with Gasteiger partial charge >= 0.3 is 0 Å². The van der Waals surface area contributed by atoms with E-state index in [9.17, 15) is 14.9 Å². The summed E-state index contributed by atoms with van der Waals surface area (Å²) in [6.07, 6.45) is 2.27. The fraction of sp³-hybridized carbons (Fsp3) is 0.500. The third-order valence-electron chi connectivity index (χ3n) is 3.61. The maximum Gasteiger partial charge on any atom is 0.270 e. The van der Waals surface area contributed by atoms with Crippen LogP contribution in [0.4, 0.5) is 11.4 Å². The molecular formula is C14H19N3O3. The molecule has 1 saturated carbocycles. The molecule has 1 N–H and O–H groups in total. The average molecular weight is 277 g/mol. The first-order chi connectivity index (χ1) is 9.40. The Kier molecular flexibility index (Phi) is 3.92. The van der Waals surface area contributed by atoms with Crippen LogP contribution in [-0.2, 0) is 0 Å². The standard InChI is InChI=1S/C14H19N3O3/c1-9(10-4-5-10)15-14(18)12-8-11(17(19)20)6-7-13(12)16(2)3/h6-10H,4-5H2,1-3H3,(H,15,18). The summed E-state index contributed by atoms with van der Waals surface area (Å²) in [7, 11) is 3.62. The lowest BCUT2D eigenvalue weighted by Gasteiger charge is -2.19. The van der Waals surface area contributed by atoms with Gasteiger partial charge in [0.2, 0.25) is 0 Å². The van der Waals surface area contributed by atoms with Gasteiger partial charge in [-0.25, -0.2) is 0 Å². The molecule has 1 aromatic rings. The number of non-ortho nitro benzene ring substituents is 1. The van der Waals surface area contributed by atoms with E-state index >= 15 is 0 Å². The highest BCUT2D eigenvalue weighted by Gasteiger charge is 2.30. The Morgan fingerprint density at radius 2 is 2.10 bits per heavy atom. The monoisotopic (exact) mass is 277 g/mol. The van der Waals surface area contributed by atoms with Gasteiger partial charge in [-0.15, -0.1) is 0 Å². The second kappa shape index (κ2) is 5.48. The summed E-state index contributed by atoms with van der Waals surface area (Å²) < 4.78 is 0. The molecule has 20 heavy (non-hydrogen) atoms. The van der Waals surface area contributed by atoms with Gasteiger partial charge in [-0.1, -0.05) is 0 Å². The predicted octanol–water partition coefficient (Wildman–Crippen LogP) is 2.19. The molecular weight excluding hydrogens is 258 g/mol. The van der Waals surface area contributed by atoms with Crippen molar-refractivity contribution in [3.63, 3.8) is 0 Å². The van der Waals surface area contributed by atoms with E-state index in [0.29, 0.717) is 17.2 Å². The van der Waals surface area contributed by atoms with Crippen molar-refractivity contribution in [2.24, 2.45) is 5.92 Å². The molecule has 6 heteroatoms. The van der Waals surface area contributed by atoms with Gasteiger partial charge in [-0.05, 0) is 31.7 Å². The summed E-state index contributed by atoms with van der Waals surface area (Å²) in [5, 5.41) is 13.8. The summed E-state index contributed by atoms with van der Waals surface area (Å²) >= 11 is 0. The van der Waals surface area contributed by atoms with Crippen molar-refractivity contribution in [3.05, 3.63) is 33.9 Å². The van der Waals surface area contributed by atoms with E-state index in [1.165, 1.54) is 12.1 Å². The van der Waals surface area contributed by atoms with Crippen LogP contribution in [0.3, 0.4) is 0 Å². The summed E-state index contributed by atoms with van der Waals surface area (Å²) in [4.78, 5) is 24.5. The van der Waals surface area contributed by atoms with E-state index in [1.807, 2.05) is 21.0 Å². The number of nitrogens with zero attached hydrogens (tertiary/aromatic N) is 2. The van der Waals surface area contributed by atoms with Gasteiger partial charge in [0.15, 0.2) is 0 Å². The second-order valence-corrected chi connectivity index (χ2v) is 5.45. The number of carbonyl (C=O) groups excluding carboxylic acids is 1. The van der Waals surface area contributed by atoms with Gasteiger partial charge in [-0.3, -0.25) is 14.9 Å². The van der Waals surface area contributed by atoms with Crippen molar-refractivity contribution in [2.45, 2.75) is 25.8 Å². The molecule has 0 aliphatic heterocycles. The lowest BCUT2D eigenvalue weighted by molar-refractivity contribution is -0.384. The van der Waals surface area contributed by atoms with Gasteiger partial charge in [0, 0.05) is 38.0 Å². The minimum absolute atomic E-state index is 0.0696. The van der Waals surface area contributed by atoms with E-state index in [4.69, 9.17) is 0 Å². The van der Waals surface area contributed by atoms with Crippen LogP contribution in [0.15, 0.2) is 18.2 Å². The van der Waals surface area contributed by atoms with Crippen LogP contribution in [0, 0.1) is 16.0 Å². The van der Waals surface area contributed by atoms with Crippen LogP contribution < -0.4 is 10.2 Å².